The van der Waals surface area contributed by atoms with Gasteiger partial charge in [-0.25, -0.2) is 5.01 Å². The monoisotopic (exact) mass is 429 g/mol. The lowest BCUT2D eigenvalue weighted by Gasteiger charge is -2.26. The van der Waals surface area contributed by atoms with Gasteiger partial charge in [0.15, 0.2) is 11.5 Å². The average molecular weight is 430 g/mol. The first-order valence-corrected chi connectivity index (χ1v) is 11.4. The number of benzene rings is 1. The summed E-state index contributed by atoms with van der Waals surface area (Å²) in [6.45, 7) is 6.42. The van der Waals surface area contributed by atoms with E-state index in [2.05, 4.69) is 24.8 Å². The Balaban J connectivity index is 1.88. The number of rotatable bonds is 10. The van der Waals surface area contributed by atoms with Crippen molar-refractivity contribution in [3.05, 3.63) is 46.2 Å². The summed E-state index contributed by atoms with van der Waals surface area (Å²) in [5, 5.41) is 8.48. The summed E-state index contributed by atoms with van der Waals surface area (Å²) in [7, 11) is 3.25. The van der Waals surface area contributed by atoms with E-state index in [0.717, 1.165) is 42.1 Å². The number of methoxy groups -OCH3 is 2. The molecule has 1 amide bonds. The Kier molecular flexibility index (Phi) is 7.87. The minimum absolute atomic E-state index is 0.0271. The number of nitrogens with zero attached hydrogens (tertiary/aromatic N) is 3. The number of thiophene rings is 1. The highest BCUT2D eigenvalue weighted by atomic mass is 32.1. The van der Waals surface area contributed by atoms with Crippen LogP contribution >= 0.6 is 11.3 Å². The second-order valence-electron chi connectivity index (χ2n) is 7.32. The van der Waals surface area contributed by atoms with Crippen molar-refractivity contribution in [1.29, 1.82) is 0 Å². The van der Waals surface area contributed by atoms with Crippen molar-refractivity contribution in [2.24, 2.45) is 5.10 Å². The number of unbranched alkanes of at least 4 members (excludes halogenated alkanes) is 1. The molecular weight excluding hydrogens is 398 g/mol. The van der Waals surface area contributed by atoms with Crippen molar-refractivity contribution in [2.75, 3.05) is 33.9 Å². The third-order valence-corrected chi connectivity index (χ3v) is 6.32. The molecule has 1 aromatic heterocycles. The van der Waals surface area contributed by atoms with E-state index in [1.54, 1.807) is 30.6 Å². The van der Waals surface area contributed by atoms with Crippen LogP contribution in [0.15, 0.2) is 40.8 Å². The maximum atomic E-state index is 13.3. The van der Waals surface area contributed by atoms with Crippen LogP contribution in [0.5, 0.6) is 11.5 Å². The van der Waals surface area contributed by atoms with Crippen LogP contribution < -0.4 is 9.47 Å². The predicted octanol–water partition coefficient (Wildman–Crippen LogP) is 4.57. The van der Waals surface area contributed by atoms with E-state index in [1.165, 1.54) is 0 Å². The number of likely N-dealkylation sites (N-methyl/N-ethyl adjacent to an activating group) is 1. The topological polar surface area (TPSA) is 54.4 Å². The highest BCUT2D eigenvalue weighted by Gasteiger charge is 2.34. The van der Waals surface area contributed by atoms with Crippen molar-refractivity contribution in [1.82, 2.24) is 9.91 Å². The Morgan fingerprint density at radius 1 is 1.23 bits per heavy atom. The van der Waals surface area contributed by atoms with Crippen LogP contribution in [0.4, 0.5) is 0 Å². The molecule has 30 heavy (non-hydrogen) atoms. The zero-order valence-electron chi connectivity index (χ0n) is 18.3. The molecule has 6 nitrogen and oxygen atoms in total. The van der Waals surface area contributed by atoms with E-state index >= 15 is 0 Å². The molecule has 0 aliphatic carbocycles. The molecule has 0 spiro atoms. The quantitative estimate of drug-likeness (QED) is 0.555. The Hall–Kier alpha value is -2.38. The highest BCUT2D eigenvalue weighted by Crippen LogP contribution is 2.37. The lowest BCUT2D eigenvalue weighted by atomic mass is 10.0. The summed E-state index contributed by atoms with van der Waals surface area (Å²) in [5.41, 5.74) is 1.95. The Labute approximate surface area is 183 Å². The first-order chi connectivity index (χ1) is 14.6. The van der Waals surface area contributed by atoms with Gasteiger partial charge in [-0.15, -0.1) is 11.3 Å². The highest BCUT2D eigenvalue weighted by molar-refractivity contribution is 7.12. The number of amides is 1. The summed E-state index contributed by atoms with van der Waals surface area (Å²) < 4.78 is 10.9. The van der Waals surface area contributed by atoms with Gasteiger partial charge < -0.3 is 9.47 Å². The molecule has 162 valence electrons. The van der Waals surface area contributed by atoms with Gasteiger partial charge >= 0.3 is 0 Å². The zero-order valence-corrected chi connectivity index (χ0v) is 19.1. The van der Waals surface area contributed by atoms with E-state index < -0.39 is 0 Å². The van der Waals surface area contributed by atoms with Gasteiger partial charge in [-0.3, -0.25) is 9.69 Å². The molecule has 0 saturated heterocycles. The molecule has 1 atom stereocenters. The average Bonchev–Trinajstić information content (AvgIpc) is 3.46. The minimum atomic E-state index is -0.153. The normalized spacial score (nSPS) is 16.1. The molecule has 1 aliphatic heterocycles. The second-order valence-corrected chi connectivity index (χ2v) is 8.27. The van der Waals surface area contributed by atoms with Crippen molar-refractivity contribution < 1.29 is 14.3 Å². The number of carbonyl (C=O) groups excluding carboxylic acids is 1. The van der Waals surface area contributed by atoms with Crippen LogP contribution in [0.2, 0.25) is 0 Å². The molecule has 0 saturated carbocycles. The van der Waals surface area contributed by atoms with E-state index in [-0.39, 0.29) is 11.9 Å². The van der Waals surface area contributed by atoms with Gasteiger partial charge in [-0.05, 0) is 48.7 Å². The lowest BCUT2D eigenvalue weighted by molar-refractivity contribution is -0.134. The van der Waals surface area contributed by atoms with E-state index in [0.29, 0.717) is 24.5 Å². The maximum absolute atomic E-state index is 13.3. The van der Waals surface area contributed by atoms with Crippen LogP contribution in [-0.4, -0.2) is 55.4 Å². The maximum Gasteiger partial charge on any atom is 0.257 e. The first kappa shape index (κ1) is 22.3. The van der Waals surface area contributed by atoms with Crippen molar-refractivity contribution in [3.8, 4) is 11.5 Å². The standard InChI is InChI=1S/C23H31N3O3S/c1-5-7-12-25(6-2)16-23(27)26-19(15-18(24-26)22-9-8-13-30-22)17-10-11-20(28-3)21(14-17)29-4/h8-11,13-14,19H,5-7,12,15-16H2,1-4H3. The minimum Gasteiger partial charge on any atom is -0.493 e. The Bertz CT molecular complexity index is 867. The smallest absolute Gasteiger partial charge is 0.257 e. The summed E-state index contributed by atoms with van der Waals surface area (Å²) in [6, 6.07) is 9.75. The Morgan fingerprint density at radius 2 is 2.03 bits per heavy atom. The molecule has 1 aromatic carbocycles. The third-order valence-electron chi connectivity index (χ3n) is 5.40. The van der Waals surface area contributed by atoms with Crippen molar-refractivity contribution >= 4 is 23.0 Å². The van der Waals surface area contributed by atoms with E-state index in [9.17, 15) is 4.79 Å². The van der Waals surface area contributed by atoms with Crippen molar-refractivity contribution in [2.45, 2.75) is 39.2 Å². The lowest BCUT2D eigenvalue weighted by Crippen LogP contribution is -2.38. The van der Waals surface area contributed by atoms with Crippen LogP contribution in [0.1, 0.15) is 49.6 Å². The molecular formula is C23H31N3O3S. The fourth-order valence-electron chi connectivity index (χ4n) is 3.65. The van der Waals surface area contributed by atoms with Crippen LogP contribution in [0, 0.1) is 0 Å². The van der Waals surface area contributed by atoms with Gasteiger partial charge in [-0.2, -0.15) is 5.10 Å². The van der Waals surface area contributed by atoms with Crippen LogP contribution in [-0.2, 0) is 4.79 Å². The number of ether oxygens (including phenoxy) is 2. The molecule has 0 N–H and O–H groups in total. The number of hydrogen-bond acceptors (Lipinski definition) is 6. The number of carbonyl (C=O) groups is 1. The second kappa shape index (κ2) is 10.6. The summed E-state index contributed by atoms with van der Waals surface area (Å²) in [4.78, 5) is 16.6. The van der Waals surface area contributed by atoms with E-state index in [4.69, 9.17) is 14.6 Å². The molecule has 3 rings (SSSR count). The predicted molar refractivity (Wildman–Crippen MR) is 122 cm³/mol. The summed E-state index contributed by atoms with van der Waals surface area (Å²) >= 11 is 1.65. The van der Waals surface area contributed by atoms with Gasteiger partial charge in [0.2, 0.25) is 0 Å². The zero-order chi connectivity index (χ0) is 21.5. The number of hydrazone groups is 1. The largest absolute Gasteiger partial charge is 0.493 e. The van der Waals surface area contributed by atoms with Gasteiger partial charge in [-0.1, -0.05) is 32.4 Å². The number of hydrogen-bond donors (Lipinski definition) is 0. The van der Waals surface area contributed by atoms with Crippen molar-refractivity contribution in [3.63, 3.8) is 0 Å². The van der Waals surface area contributed by atoms with E-state index in [1.807, 2.05) is 29.6 Å². The molecule has 0 fully saturated rings. The molecule has 1 aliphatic rings. The van der Waals surface area contributed by atoms with Gasteiger partial charge in [0.05, 0.1) is 37.4 Å². The SMILES string of the molecule is CCCCN(CC)CC(=O)N1N=C(c2cccs2)CC1c1ccc(OC)c(OC)c1. The van der Waals surface area contributed by atoms with Gasteiger partial charge in [0, 0.05) is 6.42 Å². The summed E-state index contributed by atoms with van der Waals surface area (Å²) in [5.74, 6) is 1.36. The fourth-order valence-corrected chi connectivity index (χ4v) is 4.37. The first-order valence-electron chi connectivity index (χ1n) is 10.5. The van der Waals surface area contributed by atoms with Crippen LogP contribution in [0.25, 0.3) is 0 Å². The summed E-state index contributed by atoms with van der Waals surface area (Å²) in [6.07, 6.45) is 2.89. The molecule has 2 heterocycles. The third kappa shape index (κ3) is 5.02. The van der Waals surface area contributed by atoms with Crippen LogP contribution in [0.3, 0.4) is 0 Å². The Morgan fingerprint density at radius 3 is 2.67 bits per heavy atom. The molecule has 2 aromatic rings. The molecule has 0 radical (unpaired) electrons. The molecule has 7 heteroatoms. The molecule has 1 unspecified atom stereocenters. The fraction of sp³-hybridized carbons (Fsp3) is 0.478. The molecule has 0 bridgehead atoms. The van der Waals surface area contributed by atoms with Gasteiger partial charge in [0.1, 0.15) is 0 Å². The van der Waals surface area contributed by atoms with Gasteiger partial charge in [0.25, 0.3) is 5.91 Å².